The van der Waals surface area contributed by atoms with E-state index in [1.54, 1.807) is 0 Å². The average molecular weight is 333 g/mol. The molecule has 0 bridgehead atoms. The van der Waals surface area contributed by atoms with Gasteiger partial charge in [-0.15, -0.1) is 12.8 Å². The lowest BCUT2D eigenvalue weighted by Crippen LogP contribution is -1.89. The van der Waals surface area contributed by atoms with Crippen LogP contribution in [0, 0.1) is 18.8 Å². The second-order valence-electron chi connectivity index (χ2n) is 6.01. The van der Waals surface area contributed by atoms with Crippen molar-refractivity contribution in [3.05, 3.63) is 24.3 Å². The van der Waals surface area contributed by atoms with Gasteiger partial charge in [0.15, 0.2) is 0 Å². The minimum absolute atomic E-state index is 0.426. The van der Waals surface area contributed by atoms with Gasteiger partial charge in [0.25, 0.3) is 0 Å². The summed E-state index contributed by atoms with van der Waals surface area (Å²) >= 11 is 0. The number of Topliss-reactive ketones (excluding diaryl/α,β-unsaturated/α-hetero) is 1. The Kier molecular flexibility index (Phi) is 21.9. The molecule has 2 nitrogen and oxygen atoms in total. The molecule has 136 valence electrons. The van der Waals surface area contributed by atoms with Crippen molar-refractivity contribution in [2.75, 3.05) is 0 Å². The van der Waals surface area contributed by atoms with Crippen molar-refractivity contribution in [2.45, 2.75) is 84.5 Å². The number of hydrogen-bond acceptors (Lipinski definition) is 2. The largest absolute Gasteiger partial charge is 0.303 e. The van der Waals surface area contributed by atoms with Crippen LogP contribution in [0.4, 0.5) is 0 Å². The van der Waals surface area contributed by atoms with E-state index in [0.717, 1.165) is 38.4 Å². The summed E-state index contributed by atoms with van der Waals surface area (Å²) in [5.41, 5.74) is 0. The van der Waals surface area contributed by atoms with Crippen LogP contribution in [0.5, 0.6) is 0 Å². The molecule has 0 aromatic heterocycles. The molecule has 0 aromatic rings. The molecule has 2 heteroatoms. The molecule has 0 heterocycles. The first-order chi connectivity index (χ1) is 11.7. The average Bonchev–Trinajstić information content (AvgIpc) is 3.03. The lowest BCUT2D eigenvalue weighted by Gasteiger charge is -1.96. The minimum atomic E-state index is 0.426. The standard InChI is InChI=1S/C13H20O.C7H14O.C2H2/c1-2-3-4-5-6-7-8-12-9-10-13(14)11-12;1-2-3-4-5-6-7-8;1-2/h5-8,12H,2-4,9-11H2,1H3;7H,2-6H2,1H3;1-2H/b6-5-,8-7+;;/t12-;;/m0../s1. The molecule has 0 aliphatic heterocycles. The summed E-state index contributed by atoms with van der Waals surface area (Å²) < 4.78 is 0. The number of terminal acetylenes is 1. The van der Waals surface area contributed by atoms with Gasteiger partial charge < -0.3 is 4.79 Å². The molecule has 1 atom stereocenters. The van der Waals surface area contributed by atoms with Gasteiger partial charge in [-0.1, -0.05) is 70.3 Å². The van der Waals surface area contributed by atoms with E-state index in [1.165, 1.54) is 38.5 Å². The summed E-state index contributed by atoms with van der Waals surface area (Å²) in [7, 11) is 0. The van der Waals surface area contributed by atoms with Crippen molar-refractivity contribution in [2.24, 2.45) is 5.92 Å². The van der Waals surface area contributed by atoms with E-state index < -0.39 is 0 Å². The van der Waals surface area contributed by atoms with Crippen LogP contribution in [0.25, 0.3) is 0 Å². The summed E-state index contributed by atoms with van der Waals surface area (Å²) in [6, 6.07) is 0. The lowest BCUT2D eigenvalue weighted by molar-refractivity contribution is -0.117. The fourth-order valence-corrected chi connectivity index (χ4v) is 2.38. The number of unbranched alkanes of at least 4 members (excludes halogenated alkanes) is 6. The van der Waals surface area contributed by atoms with Crippen LogP contribution in [0.15, 0.2) is 24.3 Å². The molecule has 1 fully saturated rings. The maximum Gasteiger partial charge on any atom is 0.133 e. The van der Waals surface area contributed by atoms with Gasteiger partial charge in [0.05, 0.1) is 0 Å². The highest BCUT2D eigenvalue weighted by Gasteiger charge is 2.18. The van der Waals surface area contributed by atoms with Crippen LogP contribution in [0.2, 0.25) is 0 Å². The van der Waals surface area contributed by atoms with Crippen molar-refractivity contribution >= 4 is 12.1 Å². The van der Waals surface area contributed by atoms with Gasteiger partial charge in [-0.2, -0.15) is 0 Å². The first-order valence-electron chi connectivity index (χ1n) is 9.36. The molecule has 1 saturated carbocycles. The number of allylic oxidation sites excluding steroid dienone is 4. The molecule has 24 heavy (non-hydrogen) atoms. The molecule has 0 spiro atoms. The van der Waals surface area contributed by atoms with E-state index in [4.69, 9.17) is 0 Å². The quantitative estimate of drug-likeness (QED) is 0.211. The summed E-state index contributed by atoms with van der Waals surface area (Å²) in [6.07, 6.45) is 29.4. The highest BCUT2D eigenvalue weighted by Crippen LogP contribution is 2.22. The van der Waals surface area contributed by atoms with Gasteiger partial charge in [0.1, 0.15) is 12.1 Å². The topological polar surface area (TPSA) is 34.1 Å². The SMILES string of the molecule is C#C.CCCC/C=C\C=C\[C@H]1CCC(=O)C1.CCCCCCC=O. The van der Waals surface area contributed by atoms with E-state index in [0.29, 0.717) is 11.7 Å². The highest BCUT2D eigenvalue weighted by atomic mass is 16.1. The Hall–Kier alpha value is -1.62. The molecule has 0 N–H and O–H groups in total. The molecule has 0 aromatic carbocycles. The van der Waals surface area contributed by atoms with E-state index in [2.05, 4.69) is 51.0 Å². The first kappa shape index (κ1) is 24.6. The predicted molar refractivity (Wildman–Crippen MR) is 105 cm³/mol. The zero-order chi connectivity index (χ0) is 18.5. The highest BCUT2D eigenvalue weighted by molar-refractivity contribution is 5.80. The van der Waals surface area contributed by atoms with E-state index in [1.807, 2.05) is 0 Å². The monoisotopic (exact) mass is 332 g/mol. The number of ketones is 1. The van der Waals surface area contributed by atoms with E-state index >= 15 is 0 Å². The third kappa shape index (κ3) is 18.4. The van der Waals surface area contributed by atoms with Crippen molar-refractivity contribution in [3.63, 3.8) is 0 Å². The van der Waals surface area contributed by atoms with Crippen molar-refractivity contribution in [1.82, 2.24) is 0 Å². The molecular weight excluding hydrogens is 296 g/mol. The van der Waals surface area contributed by atoms with Gasteiger partial charge in [-0.05, 0) is 25.2 Å². The van der Waals surface area contributed by atoms with Crippen molar-refractivity contribution < 1.29 is 9.59 Å². The minimum Gasteiger partial charge on any atom is -0.303 e. The molecule has 0 amide bonds. The summed E-state index contributed by atoms with van der Waals surface area (Å²) in [5.74, 6) is 0.938. The molecular formula is C22H36O2. The number of carbonyl (C=O) groups is 2. The van der Waals surface area contributed by atoms with Crippen LogP contribution < -0.4 is 0 Å². The normalized spacial score (nSPS) is 16.5. The summed E-state index contributed by atoms with van der Waals surface area (Å²) in [5, 5.41) is 0. The molecule has 0 saturated heterocycles. The molecule has 1 rings (SSSR count). The molecule has 0 unspecified atom stereocenters. The Morgan fingerprint density at radius 2 is 1.71 bits per heavy atom. The number of aldehydes is 1. The smallest absolute Gasteiger partial charge is 0.133 e. The maximum atomic E-state index is 11.0. The van der Waals surface area contributed by atoms with Crippen LogP contribution >= 0.6 is 0 Å². The molecule has 0 radical (unpaired) electrons. The third-order valence-corrected chi connectivity index (χ3v) is 3.81. The second kappa shape index (κ2) is 21.4. The van der Waals surface area contributed by atoms with Gasteiger partial charge in [0.2, 0.25) is 0 Å². The Bertz CT molecular complexity index is 363. The Labute approximate surface area is 149 Å². The maximum absolute atomic E-state index is 11.0. The first-order valence-corrected chi connectivity index (χ1v) is 9.36. The van der Waals surface area contributed by atoms with Crippen LogP contribution in [0.3, 0.4) is 0 Å². The summed E-state index contributed by atoms with van der Waals surface area (Å²) in [6.45, 7) is 4.37. The van der Waals surface area contributed by atoms with Gasteiger partial charge >= 0.3 is 0 Å². The number of rotatable bonds is 10. The van der Waals surface area contributed by atoms with Crippen LogP contribution in [0.1, 0.15) is 84.5 Å². The van der Waals surface area contributed by atoms with Crippen LogP contribution in [-0.2, 0) is 9.59 Å². The fraction of sp³-hybridized carbons (Fsp3) is 0.636. The second-order valence-corrected chi connectivity index (χ2v) is 6.01. The lowest BCUT2D eigenvalue weighted by atomic mass is 10.1. The molecule has 1 aliphatic rings. The zero-order valence-corrected chi connectivity index (χ0v) is 15.7. The van der Waals surface area contributed by atoms with Gasteiger partial charge in [-0.25, -0.2) is 0 Å². The van der Waals surface area contributed by atoms with Gasteiger partial charge in [0, 0.05) is 19.3 Å². The number of hydrogen-bond donors (Lipinski definition) is 0. The third-order valence-electron chi connectivity index (χ3n) is 3.81. The zero-order valence-electron chi connectivity index (χ0n) is 15.7. The predicted octanol–water partition coefficient (Wildman–Crippen LogP) is 6.06. The van der Waals surface area contributed by atoms with Crippen LogP contribution in [-0.4, -0.2) is 12.1 Å². The summed E-state index contributed by atoms with van der Waals surface area (Å²) in [4.78, 5) is 20.7. The van der Waals surface area contributed by atoms with Crippen molar-refractivity contribution in [1.29, 1.82) is 0 Å². The fourth-order valence-electron chi connectivity index (χ4n) is 2.38. The van der Waals surface area contributed by atoms with Crippen molar-refractivity contribution in [3.8, 4) is 12.8 Å². The van der Waals surface area contributed by atoms with E-state index in [-0.39, 0.29) is 0 Å². The van der Waals surface area contributed by atoms with E-state index in [9.17, 15) is 9.59 Å². The Morgan fingerprint density at radius 1 is 1.00 bits per heavy atom. The number of carbonyl (C=O) groups excluding carboxylic acids is 2. The Morgan fingerprint density at radius 3 is 2.25 bits per heavy atom. The van der Waals surface area contributed by atoms with Gasteiger partial charge in [-0.3, -0.25) is 4.79 Å². The Balaban J connectivity index is 0. The molecule has 1 aliphatic carbocycles.